The highest BCUT2D eigenvalue weighted by Gasteiger charge is 1.92. The predicted octanol–water partition coefficient (Wildman–Crippen LogP) is 1.15. The zero-order chi connectivity index (χ0) is 7.94. The minimum atomic E-state index is 0.612. The average Bonchev–Trinajstić information content (AvgIpc) is 2.50. The third kappa shape index (κ3) is 3.00. The van der Waals surface area contributed by atoms with E-state index >= 15 is 0 Å². The normalized spacial score (nSPS) is 9.82. The molecule has 1 rings (SSSR count). The fourth-order valence-electron chi connectivity index (χ4n) is 0.770. The highest BCUT2D eigenvalue weighted by atomic mass is 16.5. The number of imidazole rings is 1. The number of aromatic nitrogens is 2. The Morgan fingerprint density at radius 1 is 1.73 bits per heavy atom. The molecule has 0 fully saturated rings. The Kier molecular flexibility index (Phi) is 3.41. The van der Waals surface area contributed by atoms with Crippen LogP contribution in [0, 0.1) is 0 Å². The van der Waals surface area contributed by atoms with Crippen LogP contribution in [0.5, 0.6) is 0 Å². The molecule has 3 nitrogen and oxygen atoms in total. The van der Waals surface area contributed by atoms with E-state index in [4.69, 9.17) is 4.74 Å². The van der Waals surface area contributed by atoms with Gasteiger partial charge in [0.25, 0.3) is 0 Å². The van der Waals surface area contributed by atoms with Gasteiger partial charge in [-0.25, -0.2) is 4.98 Å². The van der Waals surface area contributed by atoms with E-state index in [0.717, 1.165) is 12.2 Å². The molecule has 3 heteroatoms. The largest absolute Gasteiger partial charge is 0.377 e. The minimum Gasteiger partial charge on any atom is -0.377 e. The molecule has 11 heavy (non-hydrogen) atoms. The smallest absolute Gasteiger partial charge is 0.108 e. The Balaban J connectivity index is 2.09. The molecule has 1 aromatic rings. The molecule has 0 amide bonds. The summed E-state index contributed by atoms with van der Waals surface area (Å²) in [6, 6.07) is 0. The standard InChI is InChI=1S/C8H12N2O/c1-2-6-11-7-3-8-9-4-5-10-8/h2,4-5H,1,3,6-7H2,(H,9,10). The number of rotatable bonds is 5. The van der Waals surface area contributed by atoms with Crippen LogP contribution in [-0.2, 0) is 11.2 Å². The first-order chi connectivity index (χ1) is 5.43. The second-order valence-corrected chi connectivity index (χ2v) is 2.15. The van der Waals surface area contributed by atoms with Crippen LogP contribution < -0.4 is 0 Å². The molecule has 0 aliphatic heterocycles. The lowest BCUT2D eigenvalue weighted by atomic mass is 10.4. The third-order valence-electron chi connectivity index (χ3n) is 1.27. The van der Waals surface area contributed by atoms with Crippen molar-refractivity contribution in [2.75, 3.05) is 13.2 Å². The number of aromatic amines is 1. The fourth-order valence-corrected chi connectivity index (χ4v) is 0.770. The monoisotopic (exact) mass is 152 g/mol. The number of nitrogens with one attached hydrogen (secondary N) is 1. The summed E-state index contributed by atoms with van der Waals surface area (Å²) in [7, 11) is 0. The topological polar surface area (TPSA) is 37.9 Å². The highest BCUT2D eigenvalue weighted by molar-refractivity contribution is 4.86. The molecule has 1 aromatic heterocycles. The van der Waals surface area contributed by atoms with Crippen molar-refractivity contribution in [1.82, 2.24) is 9.97 Å². The first-order valence-electron chi connectivity index (χ1n) is 3.60. The van der Waals surface area contributed by atoms with E-state index in [0.29, 0.717) is 13.2 Å². The van der Waals surface area contributed by atoms with E-state index in [1.165, 1.54) is 0 Å². The Morgan fingerprint density at radius 2 is 2.64 bits per heavy atom. The average molecular weight is 152 g/mol. The van der Waals surface area contributed by atoms with Gasteiger partial charge in [0.05, 0.1) is 13.2 Å². The van der Waals surface area contributed by atoms with Crippen LogP contribution in [0.25, 0.3) is 0 Å². The second kappa shape index (κ2) is 4.68. The molecule has 0 unspecified atom stereocenters. The van der Waals surface area contributed by atoms with Crippen molar-refractivity contribution in [3.05, 3.63) is 30.9 Å². The summed E-state index contributed by atoms with van der Waals surface area (Å²) in [6.45, 7) is 4.85. The van der Waals surface area contributed by atoms with Crippen LogP contribution in [0.1, 0.15) is 5.82 Å². The number of H-pyrrole nitrogens is 1. The minimum absolute atomic E-state index is 0.612. The molecule has 0 atom stereocenters. The van der Waals surface area contributed by atoms with Gasteiger partial charge in [0.15, 0.2) is 0 Å². The first-order valence-corrected chi connectivity index (χ1v) is 3.60. The highest BCUT2D eigenvalue weighted by Crippen LogP contribution is 1.90. The maximum absolute atomic E-state index is 5.18. The third-order valence-corrected chi connectivity index (χ3v) is 1.27. The van der Waals surface area contributed by atoms with Gasteiger partial charge in [0, 0.05) is 18.8 Å². The van der Waals surface area contributed by atoms with Crippen LogP contribution >= 0.6 is 0 Å². The molecule has 0 saturated carbocycles. The van der Waals surface area contributed by atoms with Crippen LogP contribution in [0.2, 0.25) is 0 Å². The summed E-state index contributed by atoms with van der Waals surface area (Å²) >= 11 is 0. The fraction of sp³-hybridized carbons (Fsp3) is 0.375. The van der Waals surface area contributed by atoms with Gasteiger partial charge in [-0.1, -0.05) is 6.08 Å². The van der Waals surface area contributed by atoms with Crippen LogP contribution in [-0.4, -0.2) is 23.2 Å². The summed E-state index contributed by atoms with van der Waals surface area (Å²) < 4.78 is 5.18. The maximum atomic E-state index is 5.18. The van der Waals surface area contributed by atoms with Gasteiger partial charge in [0.2, 0.25) is 0 Å². The lowest BCUT2D eigenvalue weighted by Crippen LogP contribution is -1.99. The Bertz CT molecular complexity index is 194. The maximum Gasteiger partial charge on any atom is 0.108 e. The van der Waals surface area contributed by atoms with Gasteiger partial charge < -0.3 is 9.72 Å². The SMILES string of the molecule is C=CCOCCc1ncc[nH]1. The molecule has 0 radical (unpaired) electrons. The van der Waals surface area contributed by atoms with E-state index in [9.17, 15) is 0 Å². The molecule has 1 N–H and O–H groups in total. The van der Waals surface area contributed by atoms with Crippen LogP contribution in [0.4, 0.5) is 0 Å². The summed E-state index contributed by atoms with van der Waals surface area (Å²) in [5.41, 5.74) is 0. The van der Waals surface area contributed by atoms with Gasteiger partial charge in [0.1, 0.15) is 5.82 Å². The molecule has 0 spiro atoms. The van der Waals surface area contributed by atoms with Crippen molar-refractivity contribution in [3.8, 4) is 0 Å². The summed E-state index contributed by atoms with van der Waals surface area (Å²) in [6.07, 6.45) is 6.12. The Morgan fingerprint density at radius 3 is 3.27 bits per heavy atom. The second-order valence-electron chi connectivity index (χ2n) is 2.15. The first kappa shape index (κ1) is 8.01. The molecule has 0 aliphatic carbocycles. The lowest BCUT2D eigenvalue weighted by Gasteiger charge is -1.97. The summed E-state index contributed by atoms with van der Waals surface area (Å²) in [5, 5.41) is 0. The summed E-state index contributed by atoms with van der Waals surface area (Å²) in [5.74, 6) is 0.967. The molecular weight excluding hydrogens is 140 g/mol. The molecule has 0 bridgehead atoms. The molecule has 60 valence electrons. The van der Waals surface area contributed by atoms with E-state index < -0.39 is 0 Å². The zero-order valence-corrected chi connectivity index (χ0v) is 6.42. The van der Waals surface area contributed by atoms with E-state index in [2.05, 4.69) is 16.5 Å². The lowest BCUT2D eigenvalue weighted by molar-refractivity contribution is 0.164. The number of hydrogen-bond donors (Lipinski definition) is 1. The van der Waals surface area contributed by atoms with Crippen molar-refractivity contribution >= 4 is 0 Å². The number of ether oxygens (including phenoxy) is 1. The number of nitrogens with zero attached hydrogens (tertiary/aromatic N) is 1. The van der Waals surface area contributed by atoms with Crippen molar-refractivity contribution in [1.29, 1.82) is 0 Å². The molecule has 0 aromatic carbocycles. The van der Waals surface area contributed by atoms with Crippen molar-refractivity contribution in [2.45, 2.75) is 6.42 Å². The Labute approximate surface area is 66.1 Å². The van der Waals surface area contributed by atoms with Gasteiger partial charge in [-0.05, 0) is 0 Å². The van der Waals surface area contributed by atoms with E-state index in [-0.39, 0.29) is 0 Å². The van der Waals surface area contributed by atoms with E-state index in [1.807, 2.05) is 6.20 Å². The van der Waals surface area contributed by atoms with Crippen molar-refractivity contribution in [3.63, 3.8) is 0 Å². The zero-order valence-electron chi connectivity index (χ0n) is 6.42. The van der Waals surface area contributed by atoms with E-state index in [1.54, 1.807) is 12.3 Å². The van der Waals surface area contributed by atoms with Gasteiger partial charge >= 0.3 is 0 Å². The Hall–Kier alpha value is -1.09. The van der Waals surface area contributed by atoms with Crippen molar-refractivity contribution in [2.24, 2.45) is 0 Å². The van der Waals surface area contributed by atoms with Crippen molar-refractivity contribution < 1.29 is 4.74 Å². The van der Waals surface area contributed by atoms with Crippen LogP contribution in [0.3, 0.4) is 0 Å². The van der Waals surface area contributed by atoms with Gasteiger partial charge in [-0.3, -0.25) is 0 Å². The number of hydrogen-bond acceptors (Lipinski definition) is 2. The molecule has 0 saturated heterocycles. The molecular formula is C8H12N2O. The van der Waals surface area contributed by atoms with Crippen LogP contribution in [0.15, 0.2) is 25.0 Å². The van der Waals surface area contributed by atoms with Gasteiger partial charge in [-0.15, -0.1) is 6.58 Å². The molecule has 1 heterocycles. The van der Waals surface area contributed by atoms with Gasteiger partial charge in [-0.2, -0.15) is 0 Å². The molecule has 0 aliphatic rings. The summed E-state index contributed by atoms with van der Waals surface area (Å²) in [4.78, 5) is 7.05. The predicted molar refractivity (Wildman–Crippen MR) is 43.3 cm³/mol. The quantitative estimate of drug-likeness (QED) is 0.507.